The van der Waals surface area contributed by atoms with Gasteiger partial charge < -0.3 is 9.47 Å². The van der Waals surface area contributed by atoms with Gasteiger partial charge >= 0.3 is 0 Å². The number of allylic oxidation sites excluding steroid dienone is 2. The lowest BCUT2D eigenvalue weighted by Gasteiger charge is -2.28. The first-order chi connectivity index (χ1) is 10.4. The van der Waals surface area contributed by atoms with E-state index in [-0.39, 0.29) is 17.2 Å². The number of fused-ring (bicyclic) bond motifs is 1. The van der Waals surface area contributed by atoms with Crippen LogP contribution in [0.4, 0.5) is 0 Å². The Balaban J connectivity index is 1.74. The lowest BCUT2D eigenvalue weighted by molar-refractivity contribution is -0.135. The molecule has 0 saturated heterocycles. The molecule has 2 heterocycles. The van der Waals surface area contributed by atoms with Gasteiger partial charge in [-0.25, -0.2) is 0 Å². The molecule has 0 aromatic carbocycles. The van der Waals surface area contributed by atoms with E-state index in [4.69, 9.17) is 0 Å². The van der Waals surface area contributed by atoms with Crippen molar-refractivity contribution in [3.8, 4) is 0 Å². The summed E-state index contributed by atoms with van der Waals surface area (Å²) in [6, 6.07) is 0. The Labute approximate surface area is 132 Å². The van der Waals surface area contributed by atoms with Crippen LogP contribution in [0.5, 0.6) is 0 Å². The molecule has 120 valence electrons. The molecule has 5 heteroatoms. The summed E-state index contributed by atoms with van der Waals surface area (Å²) in [7, 11) is 0. The number of aromatic nitrogens is 3. The Bertz CT molecular complexity index is 625. The number of carbonyl (C=O) groups is 1. The highest BCUT2D eigenvalue weighted by atomic mass is 16.2. The number of hydrogen-bond acceptors (Lipinski definition) is 3. The molecule has 2 aliphatic rings. The normalized spacial score (nSPS) is 25.6. The smallest absolute Gasteiger partial charge is 0.227 e. The molecular formula is C17H26N4O. The summed E-state index contributed by atoms with van der Waals surface area (Å²) in [5.74, 6) is 2.71. The van der Waals surface area contributed by atoms with Crippen LogP contribution in [0.25, 0.3) is 0 Å². The predicted molar refractivity (Wildman–Crippen MR) is 85.0 cm³/mol. The van der Waals surface area contributed by atoms with E-state index < -0.39 is 0 Å². The molecule has 1 aliphatic carbocycles. The molecule has 22 heavy (non-hydrogen) atoms. The maximum atomic E-state index is 12.9. The summed E-state index contributed by atoms with van der Waals surface area (Å²) in [5.41, 5.74) is 1.37. The van der Waals surface area contributed by atoms with Crippen LogP contribution in [0.2, 0.25) is 0 Å². The quantitative estimate of drug-likeness (QED) is 0.806. The third kappa shape index (κ3) is 2.36. The molecule has 0 bridgehead atoms. The van der Waals surface area contributed by atoms with Crippen molar-refractivity contribution in [3.63, 3.8) is 0 Å². The van der Waals surface area contributed by atoms with E-state index in [9.17, 15) is 4.79 Å². The molecule has 1 amide bonds. The minimum Gasteiger partial charge on any atom is -0.333 e. The molecule has 1 aromatic rings. The minimum absolute atomic E-state index is 0.0774. The second-order valence-corrected chi connectivity index (χ2v) is 7.37. The van der Waals surface area contributed by atoms with E-state index in [1.165, 1.54) is 5.57 Å². The van der Waals surface area contributed by atoms with Crippen LogP contribution in [0, 0.1) is 17.3 Å². The molecule has 0 spiro atoms. The van der Waals surface area contributed by atoms with Gasteiger partial charge in [0.25, 0.3) is 0 Å². The van der Waals surface area contributed by atoms with E-state index in [0.29, 0.717) is 12.5 Å². The highest BCUT2D eigenvalue weighted by molar-refractivity contribution is 5.83. The first-order valence-corrected chi connectivity index (χ1v) is 8.21. The maximum Gasteiger partial charge on any atom is 0.227 e. The third-order valence-corrected chi connectivity index (χ3v) is 5.15. The summed E-state index contributed by atoms with van der Waals surface area (Å²) >= 11 is 0. The monoisotopic (exact) mass is 302 g/mol. The largest absolute Gasteiger partial charge is 0.333 e. The Morgan fingerprint density at radius 1 is 1.32 bits per heavy atom. The topological polar surface area (TPSA) is 51.0 Å². The van der Waals surface area contributed by atoms with Crippen LogP contribution >= 0.6 is 0 Å². The molecule has 0 radical (unpaired) electrons. The molecule has 5 nitrogen and oxygen atoms in total. The Morgan fingerprint density at radius 3 is 2.68 bits per heavy atom. The van der Waals surface area contributed by atoms with Gasteiger partial charge in [0, 0.05) is 19.5 Å². The fourth-order valence-corrected chi connectivity index (χ4v) is 3.68. The standard InChI is InChI=1S/C17H26N4O/c1-6-13-18-19-14-10-20(7-8-21(13)14)16(22)15-12(9-11(2)3)17(15,4)5/h9,12,15H,6-8,10H2,1-5H3/t12-,15-/m1/s1. The summed E-state index contributed by atoms with van der Waals surface area (Å²) in [6.45, 7) is 12.9. The van der Waals surface area contributed by atoms with Crippen LogP contribution < -0.4 is 0 Å². The first-order valence-electron chi connectivity index (χ1n) is 8.21. The minimum atomic E-state index is 0.0774. The summed E-state index contributed by atoms with van der Waals surface area (Å²) < 4.78 is 2.16. The van der Waals surface area contributed by atoms with Crippen molar-refractivity contribution >= 4 is 5.91 Å². The third-order valence-electron chi connectivity index (χ3n) is 5.15. The van der Waals surface area contributed by atoms with Crippen LogP contribution in [0.3, 0.4) is 0 Å². The fourth-order valence-electron chi connectivity index (χ4n) is 3.68. The molecule has 0 N–H and O–H groups in total. The number of amides is 1. The molecular weight excluding hydrogens is 276 g/mol. The lowest BCUT2D eigenvalue weighted by Crippen LogP contribution is -2.40. The van der Waals surface area contributed by atoms with Gasteiger partial charge in [0.05, 0.1) is 12.5 Å². The van der Waals surface area contributed by atoms with Crippen molar-refractivity contribution in [3.05, 3.63) is 23.3 Å². The first kappa shape index (κ1) is 15.3. The number of carbonyl (C=O) groups excluding carboxylic acids is 1. The molecule has 2 atom stereocenters. The Hall–Kier alpha value is -1.65. The number of nitrogens with zero attached hydrogens (tertiary/aromatic N) is 4. The van der Waals surface area contributed by atoms with Gasteiger partial charge in [0.15, 0.2) is 5.82 Å². The van der Waals surface area contributed by atoms with Crippen molar-refractivity contribution in [1.29, 1.82) is 0 Å². The van der Waals surface area contributed by atoms with E-state index in [0.717, 1.165) is 31.2 Å². The number of rotatable bonds is 3. The van der Waals surface area contributed by atoms with Crippen LogP contribution in [0.1, 0.15) is 46.3 Å². The van der Waals surface area contributed by atoms with Crippen LogP contribution in [-0.4, -0.2) is 32.1 Å². The maximum absolute atomic E-state index is 12.9. The zero-order chi connectivity index (χ0) is 16.1. The second kappa shape index (κ2) is 5.21. The van der Waals surface area contributed by atoms with E-state index in [1.807, 2.05) is 4.90 Å². The van der Waals surface area contributed by atoms with Gasteiger partial charge in [-0.05, 0) is 25.2 Å². The van der Waals surface area contributed by atoms with Gasteiger partial charge in [0.1, 0.15) is 5.82 Å². The van der Waals surface area contributed by atoms with Crippen LogP contribution in [0.15, 0.2) is 11.6 Å². The van der Waals surface area contributed by atoms with Crippen molar-refractivity contribution < 1.29 is 4.79 Å². The van der Waals surface area contributed by atoms with Gasteiger partial charge in [-0.15, -0.1) is 10.2 Å². The Morgan fingerprint density at radius 2 is 2.05 bits per heavy atom. The summed E-state index contributed by atoms with van der Waals surface area (Å²) in [6.07, 6.45) is 3.14. The van der Waals surface area contributed by atoms with Gasteiger partial charge in [-0.1, -0.05) is 32.4 Å². The average Bonchev–Trinajstić information content (AvgIpc) is 2.84. The summed E-state index contributed by atoms with van der Waals surface area (Å²) in [4.78, 5) is 14.9. The SMILES string of the molecule is CCc1nnc2n1CCN(C(=O)[C@H]1[C@@H](C=C(C)C)C1(C)C)C2. The van der Waals surface area contributed by atoms with Gasteiger partial charge in [0.2, 0.25) is 5.91 Å². The average molecular weight is 302 g/mol. The van der Waals surface area contributed by atoms with Crippen molar-refractivity contribution in [2.75, 3.05) is 6.54 Å². The summed E-state index contributed by atoms with van der Waals surface area (Å²) in [5, 5.41) is 8.47. The van der Waals surface area contributed by atoms with Crippen molar-refractivity contribution in [1.82, 2.24) is 19.7 Å². The second-order valence-electron chi connectivity index (χ2n) is 7.37. The molecule has 3 rings (SSSR count). The zero-order valence-corrected chi connectivity index (χ0v) is 14.3. The highest BCUT2D eigenvalue weighted by Gasteiger charge is 2.61. The predicted octanol–water partition coefficient (Wildman–Crippen LogP) is 2.42. The number of hydrogen-bond donors (Lipinski definition) is 0. The van der Waals surface area contributed by atoms with Crippen molar-refractivity contribution in [2.45, 2.75) is 54.1 Å². The zero-order valence-electron chi connectivity index (χ0n) is 14.3. The molecule has 1 aliphatic heterocycles. The lowest BCUT2D eigenvalue weighted by atomic mass is 10.1. The number of aryl methyl sites for hydroxylation is 1. The van der Waals surface area contributed by atoms with E-state index >= 15 is 0 Å². The molecule has 1 fully saturated rings. The Kier molecular flexibility index (Phi) is 3.62. The fraction of sp³-hybridized carbons (Fsp3) is 0.706. The van der Waals surface area contributed by atoms with E-state index in [2.05, 4.69) is 55.5 Å². The van der Waals surface area contributed by atoms with E-state index in [1.54, 1.807) is 0 Å². The molecule has 1 aromatic heterocycles. The van der Waals surface area contributed by atoms with Gasteiger partial charge in [-0.2, -0.15) is 0 Å². The van der Waals surface area contributed by atoms with Crippen molar-refractivity contribution in [2.24, 2.45) is 17.3 Å². The molecule has 1 saturated carbocycles. The molecule has 0 unspecified atom stereocenters. The van der Waals surface area contributed by atoms with Gasteiger partial charge in [-0.3, -0.25) is 4.79 Å². The highest BCUT2D eigenvalue weighted by Crippen LogP contribution is 2.60. The van der Waals surface area contributed by atoms with Crippen LogP contribution in [-0.2, 0) is 24.3 Å².